The summed E-state index contributed by atoms with van der Waals surface area (Å²) < 4.78 is 32.2. The Morgan fingerprint density at radius 2 is 1.48 bits per heavy atom. The van der Waals surface area contributed by atoms with Crippen LogP contribution < -0.4 is 10.0 Å². The number of anilines is 2. The van der Waals surface area contributed by atoms with Crippen LogP contribution in [0.1, 0.15) is 32.1 Å². The van der Waals surface area contributed by atoms with E-state index < -0.39 is 21.9 Å². The van der Waals surface area contributed by atoms with Crippen molar-refractivity contribution in [3.05, 3.63) is 77.1 Å². The van der Waals surface area contributed by atoms with Crippen molar-refractivity contribution < 1.29 is 22.7 Å². The number of nitrogens with zero attached hydrogens (tertiary/aromatic N) is 2. The van der Waals surface area contributed by atoms with Crippen molar-refractivity contribution >= 4 is 33.5 Å². The number of ether oxygens (including phenoxy) is 1. The number of aryl methyl sites for hydroxylation is 2. The van der Waals surface area contributed by atoms with Crippen LogP contribution >= 0.6 is 0 Å². The van der Waals surface area contributed by atoms with Crippen LogP contribution in [0.25, 0.3) is 0 Å². The Balaban J connectivity index is 1.77. The van der Waals surface area contributed by atoms with Crippen molar-refractivity contribution in [2.24, 2.45) is 0 Å². The molecule has 0 fully saturated rings. The molecule has 0 aliphatic heterocycles. The van der Waals surface area contributed by atoms with Gasteiger partial charge in [0.2, 0.25) is 5.95 Å². The maximum absolute atomic E-state index is 12.6. The molecule has 10 heteroatoms. The molecule has 0 atom stereocenters. The van der Waals surface area contributed by atoms with Crippen LogP contribution in [0, 0.1) is 13.8 Å². The summed E-state index contributed by atoms with van der Waals surface area (Å²) in [6, 6.07) is 13.5. The Bertz CT molecular complexity index is 1220. The van der Waals surface area contributed by atoms with E-state index in [9.17, 15) is 18.0 Å². The van der Waals surface area contributed by atoms with Gasteiger partial charge in [-0.25, -0.2) is 27.9 Å². The van der Waals surface area contributed by atoms with E-state index in [1.54, 1.807) is 32.0 Å². The summed E-state index contributed by atoms with van der Waals surface area (Å²) in [5, 5.41) is 2.63. The average molecular weight is 440 g/mol. The summed E-state index contributed by atoms with van der Waals surface area (Å²) in [4.78, 5) is 32.5. The minimum absolute atomic E-state index is 0.0192. The fourth-order valence-electron chi connectivity index (χ4n) is 2.84. The van der Waals surface area contributed by atoms with Crippen molar-refractivity contribution in [3.63, 3.8) is 0 Å². The minimum Gasteiger partial charge on any atom is -0.465 e. The Morgan fingerprint density at radius 1 is 0.903 bits per heavy atom. The van der Waals surface area contributed by atoms with Crippen molar-refractivity contribution in [1.29, 1.82) is 0 Å². The molecule has 3 aromatic rings. The van der Waals surface area contributed by atoms with Gasteiger partial charge in [0.15, 0.2) is 0 Å². The van der Waals surface area contributed by atoms with Gasteiger partial charge in [-0.2, -0.15) is 0 Å². The summed E-state index contributed by atoms with van der Waals surface area (Å²) in [7, 11) is -2.68. The predicted molar refractivity (Wildman–Crippen MR) is 114 cm³/mol. The zero-order chi connectivity index (χ0) is 22.6. The van der Waals surface area contributed by atoms with Gasteiger partial charge in [-0.1, -0.05) is 12.1 Å². The number of methoxy groups -OCH3 is 1. The molecular weight excluding hydrogens is 420 g/mol. The van der Waals surface area contributed by atoms with Crippen LogP contribution in [0.2, 0.25) is 0 Å². The number of benzene rings is 2. The number of esters is 1. The average Bonchev–Trinajstić information content (AvgIpc) is 2.72. The quantitative estimate of drug-likeness (QED) is 0.564. The largest absolute Gasteiger partial charge is 0.465 e. The summed E-state index contributed by atoms with van der Waals surface area (Å²) in [6.07, 6.45) is 0. The predicted octanol–water partition coefficient (Wildman–Crippen LogP) is 2.93. The zero-order valence-electron chi connectivity index (χ0n) is 17.0. The molecule has 0 spiro atoms. The molecule has 0 aliphatic carbocycles. The van der Waals surface area contributed by atoms with Crippen molar-refractivity contribution in [2.75, 3.05) is 17.1 Å². The Hall–Kier alpha value is -3.79. The third-order valence-corrected chi connectivity index (χ3v) is 5.55. The van der Waals surface area contributed by atoms with Gasteiger partial charge in [0.05, 0.1) is 23.1 Å². The molecule has 31 heavy (non-hydrogen) atoms. The Labute approximate surface area is 179 Å². The number of hydrogen-bond donors (Lipinski definition) is 2. The van der Waals surface area contributed by atoms with Gasteiger partial charge in [-0.15, -0.1) is 0 Å². The second kappa shape index (κ2) is 8.92. The van der Waals surface area contributed by atoms with Crippen LogP contribution in [0.3, 0.4) is 0 Å². The van der Waals surface area contributed by atoms with Crippen LogP contribution in [-0.2, 0) is 14.8 Å². The zero-order valence-corrected chi connectivity index (χ0v) is 17.9. The van der Waals surface area contributed by atoms with Gasteiger partial charge in [0.1, 0.15) is 0 Å². The first kappa shape index (κ1) is 21.9. The first-order valence-electron chi connectivity index (χ1n) is 9.13. The molecule has 0 unspecified atom stereocenters. The first-order valence-corrected chi connectivity index (χ1v) is 10.6. The number of aromatic nitrogens is 2. The molecule has 0 saturated heterocycles. The molecule has 3 rings (SSSR count). The molecule has 1 amide bonds. The van der Waals surface area contributed by atoms with Gasteiger partial charge >= 0.3 is 5.97 Å². The molecule has 0 bridgehead atoms. The number of sulfonamides is 1. The number of carbonyl (C=O) groups is 2. The van der Waals surface area contributed by atoms with E-state index in [0.717, 1.165) is 0 Å². The number of hydrogen-bond acceptors (Lipinski definition) is 7. The molecule has 0 radical (unpaired) electrons. The topological polar surface area (TPSA) is 127 Å². The summed E-state index contributed by atoms with van der Waals surface area (Å²) in [6.45, 7) is 3.48. The lowest BCUT2D eigenvalue weighted by Gasteiger charge is -2.10. The lowest BCUT2D eigenvalue weighted by atomic mass is 10.1. The van der Waals surface area contributed by atoms with E-state index in [-0.39, 0.29) is 22.0 Å². The second-order valence-electron chi connectivity index (χ2n) is 6.60. The molecule has 1 aromatic heterocycles. The summed E-state index contributed by atoms with van der Waals surface area (Å²) in [5.74, 6) is -1.18. The molecule has 1 heterocycles. The highest BCUT2D eigenvalue weighted by molar-refractivity contribution is 7.92. The molecule has 0 aliphatic rings. The normalized spacial score (nSPS) is 10.9. The van der Waals surface area contributed by atoms with Gasteiger partial charge in [0, 0.05) is 17.1 Å². The maximum atomic E-state index is 12.6. The molecule has 0 saturated carbocycles. The molecule has 2 aromatic carbocycles. The van der Waals surface area contributed by atoms with Crippen molar-refractivity contribution in [2.45, 2.75) is 18.7 Å². The first-order chi connectivity index (χ1) is 14.7. The van der Waals surface area contributed by atoms with Crippen LogP contribution in [0.4, 0.5) is 11.6 Å². The number of nitrogens with one attached hydrogen (secondary N) is 2. The number of amides is 1. The van der Waals surface area contributed by atoms with E-state index in [2.05, 4.69) is 20.0 Å². The fourth-order valence-corrected chi connectivity index (χ4v) is 3.78. The van der Waals surface area contributed by atoms with E-state index in [0.29, 0.717) is 17.1 Å². The van der Waals surface area contributed by atoms with Crippen molar-refractivity contribution in [3.8, 4) is 0 Å². The van der Waals surface area contributed by atoms with Crippen LogP contribution in [-0.4, -0.2) is 37.4 Å². The number of rotatable bonds is 6. The van der Waals surface area contributed by atoms with E-state index in [1.165, 1.54) is 43.5 Å². The smallest absolute Gasteiger partial charge is 0.338 e. The SMILES string of the molecule is COC(=O)c1ccccc1C(=O)Nc1ccc(S(=O)(=O)Nc2nc(C)cc(C)n2)cc1. The highest BCUT2D eigenvalue weighted by atomic mass is 32.2. The van der Waals surface area contributed by atoms with E-state index in [1.807, 2.05) is 0 Å². The third-order valence-electron chi connectivity index (χ3n) is 4.21. The van der Waals surface area contributed by atoms with Gasteiger partial charge in [-0.3, -0.25) is 4.79 Å². The second-order valence-corrected chi connectivity index (χ2v) is 8.28. The number of carbonyl (C=O) groups excluding carboxylic acids is 2. The van der Waals surface area contributed by atoms with E-state index >= 15 is 0 Å². The summed E-state index contributed by atoms with van der Waals surface area (Å²) in [5.41, 5.74) is 1.89. The van der Waals surface area contributed by atoms with Crippen LogP contribution in [0.5, 0.6) is 0 Å². The molecular formula is C21H20N4O5S. The molecule has 2 N–H and O–H groups in total. The monoisotopic (exact) mass is 440 g/mol. The highest BCUT2D eigenvalue weighted by Gasteiger charge is 2.19. The maximum Gasteiger partial charge on any atom is 0.338 e. The molecule has 160 valence electrons. The minimum atomic E-state index is -3.91. The van der Waals surface area contributed by atoms with Crippen LogP contribution in [0.15, 0.2) is 59.5 Å². The van der Waals surface area contributed by atoms with Gasteiger partial charge < -0.3 is 10.1 Å². The highest BCUT2D eigenvalue weighted by Crippen LogP contribution is 2.19. The van der Waals surface area contributed by atoms with Gasteiger partial charge in [-0.05, 0) is 56.3 Å². The van der Waals surface area contributed by atoms with Gasteiger partial charge in [0.25, 0.3) is 15.9 Å². The summed E-state index contributed by atoms with van der Waals surface area (Å²) >= 11 is 0. The Morgan fingerprint density at radius 3 is 2.06 bits per heavy atom. The lowest BCUT2D eigenvalue weighted by Crippen LogP contribution is -2.18. The van der Waals surface area contributed by atoms with E-state index in [4.69, 9.17) is 4.74 Å². The molecule has 9 nitrogen and oxygen atoms in total. The standard InChI is InChI=1S/C21H20N4O5S/c1-13-12-14(2)23-21(22-13)25-31(28,29)16-10-8-15(9-11-16)24-19(26)17-6-4-5-7-18(17)20(27)30-3/h4-12H,1-3H3,(H,24,26)(H,22,23,25). The Kier molecular flexibility index (Phi) is 6.30. The lowest BCUT2D eigenvalue weighted by molar-refractivity contribution is 0.0597. The van der Waals surface area contributed by atoms with Crippen molar-refractivity contribution in [1.82, 2.24) is 9.97 Å². The fraction of sp³-hybridized carbons (Fsp3) is 0.143. The third kappa shape index (κ3) is 5.23.